The molecular weight excluding hydrogens is 534 g/mol. The van der Waals surface area contributed by atoms with Crippen LogP contribution in [0.3, 0.4) is 0 Å². The number of hydrogen-bond donors (Lipinski definition) is 4. The average Bonchev–Trinajstić information content (AvgIpc) is 2.93. The van der Waals surface area contributed by atoms with Crippen LogP contribution in [0.4, 0.5) is 0 Å². The highest BCUT2D eigenvalue weighted by Crippen LogP contribution is 2.13. The van der Waals surface area contributed by atoms with E-state index in [4.69, 9.17) is 34.0 Å². The van der Waals surface area contributed by atoms with Gasteiger partial charge in [0.25, 0.3) is 0 Å². The van der Waals surface area contributed by atoms with Crippen molar-refractivity contribution >= 4 is 23.9 Å². The first kappa shape index (κ1) is 40.9. The third kappa shape index (κ3) is 29.1. The molecule has 41 heavy (non-hydrogen) atoms. The van der Waals surface area contributed by atoms with Crippen molar-refractivity contribution in [2.45, 2.75) is 136 Å². The fourth-order valence-corrected chi connectivity index (χ4v) is 4.00. The molecule has 0 aliphatic rings. The Hall–Kier alpha value is -2.24. The van der Waals surface area contributed by atoms with E-state index in [1.165, 1.54) is 89.9 Å². The normalized spacial score (nSPS) is 11.4. The predicted octanol–water partition coefficient (Wildman–Crippen LogP) is 4.87. The number of hydrogen-bond acceptors (Lipinski definition) is 9. The Morgan fingerprint density at radius 2 is 0.976 bits per heavy atom. The number of nitrogens with one attached hydrogen (secondary N) is 1. The van der Waals surface area contributed by atoms with Gasteiger partial charge in [-0.3, -0.25) is 5.32 Å². The van der Waals surface area contributed by atoms with Gasteiger partial charge in [-0.15, -0.1) is 0 Å². The number of ether oxygens (including phenoxy) is 3. The Balaban J connectivity index is 0. The monoisotopic (exact) mass is 591 g/mol. The van der Waals surface area contributed by atoms with E-state index in [0.29, 0.717) is 6.61 Å². The van der Waals surface area contributed by atoms with Crippen molar-refractivity contribution < 1.29 is 48.7 Å². The summed E-state index contributed by atoms with van der Waals surface area (Å²) in [4.78, 5) is 42.0. The maximum atomic E-state index is 11.9. The molecule has 0 aromatic rings. The molecule has 11 heteroatoms. The lowest BCUT2D eigenvalue weighted by molar-refractivity contribution is -0.159. The fraction of sp³-hybridized carbons (Fsp3) is 0.867. The molecule has 11 nitrogen and oxygen atoms in total. The average molecular weight is 592 g/mol. The molecule has 0 saturated carbocycles. The lowest BCUT2D eigenvalue weighted by atomic mass is 10.0. The van der Waals surface area contributed by atoms with Gasteiger partial charge in [-0.05, 0) is 20.3 Å². The van der Waals surface area contributed by atoms with Gasteiger partial charge in [0.1, 0.15) is 0 Å². The molecule has 0 aliphatic heterocycles. The first-order chi connectivity index (χ1) is 19.7. The second-order valence-corrected chi connectivity index (χ2v) is 9.99. The lowest BCUT2D eigenvalue weighted by Gasteiger charge is -2.18. The van der Waals surface area contributed by atoms with Crippen LogP contribution in [0.5, 0.6) is 0 Å². The van der Waals surface area contributed by atoms with E-state index < -0.39 is 36.0 Å². The fourth-order valence-electron chi connectivity index (χ4n) is 4.00. The van der Waals surface area contributed by atoms with Gasteiger partial charge in [0.15, 0.2) is 0 Å². The van der Waals surface area contributed by atoms with Gasteiger partial charge >= 0.3 is 23.9 Å². The van der Waals surface area contributed by atoms with Gasteiger partial charge in [0, 0.05) is 13.2 Å². The van der Waals surface area contributed by atoms with Crippen molar-refractivity contribution in [1.82, 2.24) is 5.32 Å². The summed E-state index contributed by atoms with van der Waals surface area (Å²) < 4.78 is 15.3. The molecule has 0 saturated heterocycles. The Kier molecular flexibility index (Phi) is 30.6. The van der Waals surface area contributed by atoms with Crippen LogP contribution in [0.25, 0.3) is 0 Å². The zero-order valence-corrected chi connectivity index (χ0v) is 25.7. The summed E-state index contributed by atoms with van der Waals surface area (Å²) in [6.07, 6.45) is 20.5. The smallest absolute Gasteiger partial charge is 0.414 e. The number of carboxylic acids is 2. The van der Waals surface area contributed by atoms with Crippen molar-refractivity contribution in [2.75, 3.05) is 33.0 Å². The summed E-state index contributed by atoms with van der Waals surface area (Å²) >= 11 is 0. The largest absolute Gasteiger partial charge is 0.473 e. The van der Waals surface area contributed by atoms with Gasteiger partial charge in [0.2, 0.25) is 6.04 Å². The number of carbonyl (C=O) groups is 4. The van der Waals surface area contributed by atoms with Crippen molar-refractivity contribution in [3.63, 3.8) is 0 Å². The first-order valence-electron chi connectivity index (χ1n) is 15.5. The minimum atomic E-state index is -1.82. The number of carboxylic acid groups (broad SMARTS) is 2. The predicted molar refractivity (Wildman–Crippen MR) is 157 cm³/mol. The molecule has 1 atom stereocenters. The van der Waals surface area contributed by atoms with Crippen LogP contribution in [-0.2, 0) is 33.4 Å². The SMILES string of the molecule is CCCCCCCCCCCCCCCCCCOCC(O)CNC(C(=O)OCC)C(=O)OCC.O=C(O)C(=O)O. The minimum absolute atomic E-state index is 0.0429. The van der Waals surface area contributed by atoms with E-state index in [1.807, 2.05) is 0 Å². The first-order valence-corrected chi connectivity index (χ1v) is 15.5. The molecule has 242 valence electrons. The molecule has 0 aromatic heterocycles. The van der Waals surface area contributed by atoms with Gasteiger partial charge in [0.05, 0.1) is 25.9 Å². The Morgan fingerprint density at radius 3 is 1.32 bits per heavy atom. The van der Waals surface area contributed by atoms with Crippen molar-refractivity contribution in [3.05, 3.63) is 0 Å². The highest BCUT2D eigenvalue weighted by atomic mass is 16.6. The summed E-state index contributed by atoms with van der Waals surface area (Å²) in [7, 11) is 0. The van der Waals surface area contributed by atoms with Crippen LogP contribution in [0, 0.1) is 0 Å². The van der Waals surface area contributed by atoms with E-state index in [-0.39, 0.29) is 26.4 Å². The molecule has 4 N–H and O–H groups in total. The van der Waals surface area contributed by atoms with Crippen LogP contribution < -0.4 is 5.32 Å². The highest BCUT2D eigenvalue weighted by molar-refractivity contribution is 6.27. The van der Waals surface area contributed by atoms with Gasteiger partial charge in [-0.2, -0.15) is 0 Å². The molecule has 0 heterocycles. The number of aliphatic hydroxyl groups excluding tert-OH is 1. The second kappa shape index (κ2) is 30.7. The molecule has 0 fully saturated rings. The van der Waals surface area contributed by atoms with Crippen molar-refractivity contribution in [1.29, 1.82) is 0 Å². The standard InChI is InChI=1S/C28H55NO6.C2H2O4/c1-4-7-8-9-10-11-12-13-14-15-16-17-18-19-20-21-22-33-24-25(30)23-29-26(27(31)34-5-2)28(32)35-6-3;3-1(4)2(5)6/h25-26,29-30H,4-24H2,1-3H3;(H,3,4)(H,5,6). The molecule has 0 bridgehead atoms. The molecule has 0 rings (SSSR count). The Bertz CT molecular complexity index is 629. The summed E-state index contributed by atoms with van der Waals surface area (Å²) in [5, 5.41) is 27.6. The van der Waals surface area contributed by atoms with Crippen molar-refractivity contribution in [3.8, 4) is 0 Å². The summed E-state index contributed by atoms with van der Waals surface area (Å²) in [6, 6.07) is -1.23. The highest BCUT2D eigenvalue weighted by Gasteiger charge is 2.29. The number of carbonyl (C=O) groups excluding carboxylic acids is 2. The number of rotatable bonds is 26. The third-order valence-electron chi connectivity index (χ3n) is 6.24. The number of esters is 2. The summed E-state index contributed by atoms with van der Waals surface area (Å²) in [6.45, 7) is 6.75. The second-order valence-electron chi connectivity index (χ2n) is 9.99. The maximum absolute atomic E-state index is 11.9. The lowest BCUT2D eigenvalue weighted by Crippen LogP contribution is -2.48. The molecular formula is C30H57NO10. The summed E-state index contributed by atoms with van der Waals surface area (Å²) in [5.74, 6) is -5.05. The molecule has 0 aromatic carbocycles. The Morgan fingerprint density at radius 1 is 0.610 bits per heavy atom. The van der Waals surface area contributed by atoms with Gasteiger partial charge in [-0.1, -0.05) is 103 Å². The molecule has 0 radical (unpaired) electrons. The third-order valence-corrected chi connectivity index (χ3v) is 6.24. The van der Waals surface area contributed by atoms with Crippen LogP contribution in [0.2, 0.25) is 0 Å². The quantitative estimate of drug-likeness (QED) is 0.0469. The minimum Gasteiger partial charge on any atom is -0.473 e. The van der Waals surface area contributed by atoms with E-state index in [1.54, 1.807) is 13.8 Å². The Labute approximate surface area is 246 Å². The van der Waals surface area contributed by atoms with Gasteiger partial charge < -0.3 is 29.5 Å². The molecule has 0 amide bonds. The van der Waals surface area contributed by atoms with Crippen molar-refractivity contribution in [2.24, 2.45) is 0 Å². The number of aliphatic hydroxyl groups is 1. The van der Waals surface area contributed by atoms with E-state index in [2.05, 4.69) is 12.2 Å². The summed E-state index contributed by atoms with van der Waals surface area (Å²) in [5.41, 5.74) is 0. The van der Waals surface area contributed by atoms with E-state index in [0.717, 1.165) is 12.8 Å². The van der Waals surface area contributed by atoms with E-state index in [9.17, 15) is 14.7 Å². The molecule has 0 aliphatic carbocycles. The van der Waals surface area contributed by atoms with Crippen LogP contribution in [-0.4, -0.2) is 84.3 Å². The topological polar surface area (TPSA) is 169 Å². The van der Waals surface area contributed by atoms with Crippen LogP contribution in [0.1, 0.15) is 124 Å². The zero-order chi connectivity index (χ0) is 31.1. The zero-order valence-electron chi connectivity index (χ0n) is 25.7. The van der Waals surface area contributed by atoms with Gasteiger partial charge in [-0.25, -0.2) is 19.2 Å². The van der Waals surface area contributed by atoms with E-state index >= 15 is 0 Å². The molecule has 1 unspecified atom stereocenters. The maximum Gasteiger partial charge on any atom is 0.414 e. The van der Waals surface area contributed by atoms with Crippen LogP contribution in [0.15, 0.2) is 0 Å². The van der Waals surface area contributed by atoms with Crippen LogP contribution >= 0.6 is 0 Å². The number of aliphatic carboxylic acids is 2. The number of unbranched alkanes of at least 4 members (excludes halogenated alkanes) is 15. The molecule has 0 spiro atoms.